The number of hydrogen-bond donors (Lipinski definition) is 0. The summed E-state index contributed by atoms with van der Waals surface area (Å²) >= 11 is 12.1. The van der Waals surface area contributed by atoms with Crippen LogP contribution in [0.4, 0.5) is 0 Å². The van der Waals surface area contributed by atoms with Crippen molar-refractivity contribution in [3.63, 3.8) is 0 Å². The van der Waals surface area contributed by atoms with Crippen molar-refractivity contribution >= 4 is 33.2 Å². The van der Waals surface area contributed by atoms with Crippen LogP contribution in [-0.4, -0.2) is 41.9 Å². The second-order valence-corrected chi connectivity index (χ2v) is 8.47. The summed E-state index contributed by atoms with van der Waals surface area (Å²) in [5.74, 6) is 0.0969. The number of rotatable bonds is 4. The maximum Gasteiger partial charge on any atom is 0.251 e. The Labute approximate surface area is 161 Å². The van der Waals surface area contributed by atoms with Crippen molar-refractivity contribution in [2.75, 3.05) is 13.1 Å². The first-order valence-corrected chi connectivity index (χ1v) is 9.86. The van der Waals surface area contributed by atoms with E-state index in [2.05, 4.69) is 9.97 Å². The van der Waals surface area contributed by atoms with Gasteiger partial charge in [-0.15, -0.1) is 0 Å². The summed E-state index contributed by atoms with van der Waals surface area (Å²) in [5.41, 5.74) is 0.685. The van der Waals surface area contributed by atoms with E-state index in [1.165, 1.54) is 28.8 Å². The van der Waals surface area contributed by atoms with E-state index in [4.69, 9.17) is 33.2 Å². The molecule has 3 rings (SSSR count). The fourth-order valence-electron chi connectivity index (χ4n) is 2.63. The molecule has 0 N–H and O–H groups in total. The highest BCUT2D eigenvalue weighted by atomic mass is 35.5. The van der Waals surface area contributed by atoms with Gasteiger partial charge in [0.1, 0.15) is 17.1 Å². The van der Waals surface area contributed by atoms with Gasteiger partial charge in [-0.1, -0.05) is 23.2 Å². The first-order valence-electron chi connectivity index (χ1n) is 7.66. The fraction of sp³-hybridized carbons (Fsp3) is 0.312. The van der Waals surface area contributed by atoms with Crippen LogP contribution in [0.3, 0.4) is 0 Å². The van der Waals surface area contributed by atoms with Gasteiger partial charge in [-0.3, -0.25) is 0 Å². The number of sulfonamides is 1. The fourth-order valence-corrected chi connectivity index (χ4v) is 4.92. The van der Waals surface area contributed by atoms with E-state index >= 15 is 0 Å². The molecule has 2 heterocycles. The van der Waals surface area contributed by atoms with Crippen molar-refractivity contribution in [2.24, 2.45) is 0 Å². The van der Waals surface area contributed by atoms with Crippen LogP contribution in [0.25, 0.3) is 0 Å². The molecule has 10 heteroatoms. The number of ether oxygens (including phenoxy) is 1. The van der Waals surface area contributed by atoms with Crippen LogP contribution in [0.5, 0.6) is 5.88 Å². The summed E-state index contributed by atoms with van der Waals surface area (Å²) in [4.78, 5) is 7.87. The first kappa shape index (κ1) is 18.9. The molecule has 1 saturated heterocycles. The maximum absolute atomic E-state index is 12.9. The molecule has 136 valence electrons. The predicted octanol–water partition coefficient (Wildman–Crippen LogP) is 2.81. The average Bonchev–Trinajstić information content (AvgIpc) is 3.08. The minimum Gasteiger partial charge on any atom is -0.471 e. The van der Waals surface area contributed by atoms with Crippen molar-refractivity contribution < 1.29 is 13.2 Å². The van der Waals surface area contributed by atoms with Crippen molar-refractivity contribution in [3.05, 3.63) is 45.8 Å². The Morgan fingerprint density at radius 3 is 2.73 bits per heavy atom. The largest absolute Gasteiger partial charge is 0.471 e. The molecule has 1 aliphatic rings. The topological polar surface area (TPSA) is 96.2 Å². The Morgan fingerprint density at radius 2 is 2.00 bits per heavy atom. The highest BCUT2D eigenvalue weighted by molar-refractivity contribution is 7.89. The van der Waals surface area contributed by atoms with Crippen LogP contribution in [0, 0.1) is 18.3 Å². The smallest absolute Gasteiger partial charge is 0.251 e. The van der Waals surface area contributed by atoms with E-state index in [9.17, 15) is 8.42 Å². The Balaban J connectivity index is 1.80. The molecule has 0 saturated carbocycles. The Hall–Kier alpha value is -1.92. The van der Waals surface area contributed by atoms with Crippen LogP contribution < -0.4 is 4.74 Å². The van der Waals surface area contributed by atoms with Gasteiger partial charge in [-0.05, 0) is 31.0 Å². The molecule has 1 aliphatic heterocycles. The van der Waals surface area contributed by atoms with Gasteiger partial charge in [0.05, 0.1) is 11.6 Å². The third kappa shape index (κ3) is 3.62. The minimum absolute atomic E-state index is 0.0129. The molecule has 1 fully saturated rings. The molecule has 7 nitrogen and oxygen atoms in total. The Bertz CT molecular complexity index is 991. The molecule has 0 radical (unpaired) electrons. The van der Waals surface area contributed by atoms with Gasteiger partial charge in [-0.2, -0.15) is 9.57 Å². The van der Waals surface area contributed by atoms with Gasteiger partial charge in [0.15, 0.2) is 0 Å². The molecule has 0 aliphatic carbocycles. The van der Waals surface area contributed by atoms with E-state index < -0.39 is 16.1 Å². The Morgan fingerprint density at radius 1 is 1.27 bits per heavy atom. The van der Waals surface area contributed by atoms with Crippen molar-refractivity contribution in [1.29, 1.82) is 5.26 Å². The summed E-state index contributed by atoms with van der Waals surface area (Å²) in [6.45, 7) is 2.11. The quantitative estimate of drug-likeness (QED) is 0.765. The summed E-state index contributed by atoms with van der Waals surface area (Å²) in [5, 5.41) is 9.52. The van der Waals surface area contributed by atoms with Gasteiger partial charge < -0.3 is 4.74 Å². The lowest BCUT2D eigenvalue weighted by molar-refractivity contribution is 0.205. The molecule has 1 atom stereocenters. The van der Waals surface area contributed by atoms with E-state index in [1.54, 1.807) is 6.92 Å². The molecular weight excluding hydrogens is 399 g/mol. The van der Waals surface area contributed by atoms with Crippen LogP contribution in [-0.2, 0) is 10.0 Å². The second-order valence-electron chi connectivity index (χ2n) is 5.75. The summed E-state index contributed by atoms with van der Waals surface area (Å²) in [6, 6.07) is 4.78. The number of nitriles is 1. The highest BCUT2D eigenvalue weighted by Gasteiger charge is 2.35. The molecule has 0 amide bonds. The molecule has 1 aromatic heterocycles. The molecular formula is C16H14Cl2N4O3S. The maximum atomic E-state index is 12.9. The van der Waals surface area contributed by atoms with Crippen molar-refractivity contribution in [3.8, 4) is 11.9 Å². The van der Waals surface area contributed by atoms with Crippen LogP contribution >= 0.6 is 23.2 Å². The molecule has 1 aromatic carbocycles. The van der Waals surface area contributed by atoms with Gasteiger partial charge in [0.25, 0.3) is 5.88 Å². The SMILES string of the molecule is Cc1cc(S(=O)(=O)N2CCC(Oc3nccnc3C#N)C2)c(Cl)cc1Cl. The van der Waals surface area contributed by atoms with Gasteiger partial charge in [0, 0.05) is 24.0 Å². The number of aryl methyl sites for hydroxylation is 1. The van der Waals surface area contributed by atoms with Crippen LogP contribution in [0.15, 0.2) is 29.4 Å². The number of aromatic nitrogens is 2. The van der Waals surface area contributed by atoms with Crippen molar-refractivity contribution in [1.82, 2.24) is 14.3 Å². The van der Waals surface area contributed by atoms with E-state index in [1.807, 2.05) is 6.07 Å². The van der Waals surface area contributed by atoms with Crippen LogP contribution in [0.2, 0.25) is 10.0 Å². The summed E-state index contributed by atoms with van der Waals surface area (Å²) < 4.78 is 32.8. The predicted molar refractivity (Wildman–Crippen MR) is 95.7 cm³/mol. The van der Waals surface area contributed by atoms with E-state index in [-0.39, 0.29) is 34.6 Å². The molecule has 0 spiro atoms. The zero-order chi connectivity index (χ0) is 18.9. The third-order valence-electron chi connectivity index (χ3n) is 3.99. The van der Waals surface area contributed by atoms with Gasteiger partial charge in [-0.25, -0.2) is 18.4 Å². The van der Waals surface area contributed by atoms with Gasteiger partial charge in [0.2, 0.25) is 15.7 Å². The second kappa shape index (κ2) is 7.37. The zero-order valence-corrected chi connectivity index (χ0v) is 16.0. The number of hydrogen-bond acceptors (Lipinski definition) is 6. The summed E-state index contributed by atoms with van der Waals surface area (Å²) in [7, 11) is -3.79. The Kier molecular flexibility index (Phi) is 5.34. The molecule has 2 aromatic rings. The van der Waals surface area contributed by atoms with E-state index in [0.29, 0.717) is 17.0 Å². The van der Waals surface area contributed by atoms with E-state index in [0.717, 1.165) is 0 Å². The number of benzene rings is 1. The number of nitrogens with zero attached hydrogens (tertiary/aromatic N) is 4. The molecule has 0 bridgehead atoms. The third-order valence-corrected chi connectivity index (χ3v) is 6.72. The average molecular weight is 413 g/mol. The standard InChI is InChI=1S/C16H14Cl2N4O3S/c1-10-6-15(13(18)7-12(10)17)26(23,24)22-5-2-11(9-22)25-16-14(8-19)20-3-4-21-16/h3-4,6-7,11H,2,5,9H2,1H3. The summed E-state index contributed by atoms with van der Waals surface area (Å²) in [6.07, 6.45) is 2.84. The minimum atomic E-state index is -3.79. The monoisotopic (exact) mass is 412 g/mol. The lowest BCUT2D eigenvalue weighted by Crippen LogP contribution is -2.31. The van der Waals surface area contributed by atoms with Gasteiger partial charge >= 0.3 is 0 Å². The van der Waals surface area contributed by atoms with Crippen molar-refractivity contribution in [2.45, 2.75) is 24.3 Å². The highest BCUT2D eigenvalue weighted by Crippen LogP contribution is 2.32. The lowest BCUT2D eigenvalue weighted by Gasteiger charge is -2.18. The number of halogens is 2. The molecule has 1 unspecified atom stereocenters. The first-order chi connectivity index (χ1) is 12.3. The lowest BCUT2D eigenvalue weighted by atomic mass is 10.2. The molecule has 26 heavy (non-hydrogen) atoms. The normalized spacial score (nSPS) is 17.8. The zero-order valence-electron chi connectivity index (χ0n) is 13.7. The van der Waals surface area contributed by atoms with Crippen LogP contribution in [0.1, 0.15) is 17.7 Å².